The lowest BCUT2D eigenvalue weighted by Gasteiger charge is -2.19. The van der Waals surface area contributed by atoms with E-state index in [4.69, 9.17) is 9.47 Å². The van der Waals surface area contributed by atoms with Gasteiger partial charge in [0.05, 0.1) is 13.2 Å². The number of carbonyl (C=O) groups excluding carboxylic acids is 2. The summed E-state index contributed by atoms with van der Waals surface area (Å²) in [7, 11) is 0. The normalized spacial score (nSPS) is 12.0. The van der Waals surface area contributed by atoms with Gasteiger partial charge < -0.3 is 14.8 Å². The van der Waals surface area contributed by atoms with Crippen LogP contribution in [0.1, 0.15) is 137 Å². The highest BCUT2D eigenvalue weighted by Crippen LogP contribution is 2.14. The van der Waals surface area contributed by atoms with Crippen LogP contribution in [-0.2, 0) is 14.3 Å². The molecule has 5 heteroatoms. The molecule has 0 spiro atoms. The van der Waals surface area contributed by atoms with E-state index in [-0.39, 0.29) is 18.5 Å². The van der Waals surface area contributed by atoms with E-state index in [1.807, 2.05) is 13.8 Å². The SMILES string of the molecule is CCCCCCCCCCCCCCCCCCOC(=O)[C@H](CC(C)C)NC(=O)OCC. The Kier molecular flexibility index (Phi) is 22.0. The first-order valence-electron chi connectivity index (χ1n) is 13.6. The van der Waals surface area contributed by atoms with Crippen LogP contribution in [0.2, 0.25) is 0 Å². The van der Waals surface area contributed by atoms with Crippen molar-refractivity contribution in [3.8, 4) is 0 Å². The van der Waals surface area contributed by atoms with Crippen LogP contribution in [0.5, 0.6) is 0 Å². The second-order valence-electron chi connectivity index (χ2n) is 9.52. The van der Waals surface area contributed by atoms with E-state index in [1.165, 1.54) is 89.9 Å². The summed E-state index contributed by atoms with van der Waals surface area (Å²) >= 11 is 0. The molecule has 0 rings (SSSR count). The van der Waals surface area contributed by atoms with Gasteiger partial charge in [0.1, 0.15) is 6.04 Å². The Morgan fingerprint density at radius 2 is 1.09 bits per heavy atom. The van der Waals surface area contributed by atoms with Crippen LogP contribution in [0.4, 0.5) is 4.79 Å². The smallest absolute Gasteiger partial charge is 0.407 e. The standard InChI is InChI=1S/C27H53NO4/c1-5-7-8-9-10-11-12-13-14-15-16-17-18-19-20-21-22-32-26(29)25(23-24(3)4)28-27(30)31-6-2/h24-25H,5-23H2,1-4H3,(H,28,30)/t25-/m0/s1. The molecular weight excluding hydrogens is 402 g/mol. The molecule has 0 aromatic carbocycles. The average molecular weight is 456 g/mol. The summed E-state index contributed by atoms with van der Waals surface area (Å²) < 4.78 is 10.3. The van der Waals surface area contributed by atoms with Crippen molar-refractivity contribution in [2.45, 2.75) is 143 Å². The molecule has 0 aliphatic carbocycles. The monoisotopic (exact) mass is 455 g/mol. The minimum Gasteiger partial charge on any atom is -0.464 e. The van der Waals surface area contributed by atoms with Crippen molar-refractivity contribution in [3.05, 3.63) is 0 Å². The minimum absolute atomic E-state index is 0.282. The molecule has 0 heterocycles. The topological polar surface area (TPSA) is 64.6 Å². The summed E-state index contributed by atoms with van der Waals surface area (Å²) in [6.45, 7) is 8.76. The molecule has 1 atom stereocenters. The van der Waals surface area contributed by atoms with Crippen molar-refractivity contribution in [2.75, 3.05) is 13.2 Å². The van der Waals surface area contributed by atoms with Gasteiger partial charge in [0.2, 0.25) is 0 Å². The van der Waals surface area contributed by atoms with Crippen LogP contribution in [-0.4, -0.2) is 31.3 Å². The Morgan fingerprint density at radius 3 is 1.50 bits per heavy atom. The second-order valence-corrected chi connectivity index (χ2v) is 9.52. The maximum atomic E-state index is 12.3. The molecule has 0 unspecified atom stereocenters. The van der Waals surface area contributed by atoms with Crippen molar-refractivity contribution in [2.24, 2.45) is 5.92 Å². The molecule has 1 N–H and O–H groups in total. The maximum absolute atomic E-state index is 12.3. The zero-order valence-corrected chi connectivity index (χ0v) is 21.7. The fourth-order valence-electron chi connectivity index (χ4n) is 3.92. The van der Waals surface area contributed by atoms with Gasteiger partial charge in [0.25, 0.3) is 0 Å². The molecule has 0 fully saturated rings. The van der Waals surface area contributed by atoms with Crippen LogP contribution in [0.3, 0.4) is 0 Å². The second kappa shape index (κ2) is 22.9. The Bertz CT molecular complexity index is 439. The number of hydrogen-bond donors (Lipinski definition) is 1. The summed E-state index contributed by atoms with van der Waals surface area (Å²) in [4.78, 5) is 23.9. The lowest BCUT2D eigenvalue weighted by atomic mass is 10.0. The molecule has 1 amide bonds. The summed E-state index contributed by atoms with van der Waals surface area (Å²) in [6, 6.07) is -0.630. The van der Waals surface area contributed by atoms with Crippen LogP contribution in [0.25, 0.3) is 0 Å². The molecule has 0 aromatic heterocycles. The number of carbonyl (C=O) groups is 2. The van der Waals surface area contributed by atoms with E-state index < -0.39 is 12.1 Å². The number of alkyl carbamates (subject to hydrolysis) is 1. The highest BCUT2D eigenvalue weighted by atomic mass is 16.6. The third-order valence-corrected chi connectivity index (χ3v) is 5.80. The molecule has 190 valence electrons. The lowest BCUT2D eigenvalue weighted by molar-refractivity contribution is -0.146. The highest BCUT2D eigenvalue weighted by Gasteiger charge is 2.23. The van der Waals surface area contributed by atoms with Gasteiger partial charge in [-0.05, 0) is 25.7 Å². The molecule has 0 radical (unpaired) electrons. The van der Waals surface area contributed by atoms with Gasteiger partial charge >= 0.3 is 12.1 Å². The molecule has 0 bridgehead atoms. The molecule has 0 aromatic rings. The third kappa shape index (κ3) is 20.6. The van der Waals surface area contributed by atoms with Crippen molar-refractivity contribution >= 4 is 12.1 Å². The lowest BCUT2D eigenvalue weighted by Crippen LogP contribution is -2.43. The minimum atomic E-state index is -0.630. The Labute approximate surface area is 198 Å². The van der Waals surface area contributed by atoms with E-state index in [0.29, 0.717) is 13.0 Å². The molecule has 0 saturated heterocycles. The van der Waals surface area contributed by atoms with Crippen molar-refractivity contribution in [3.63, 3.8) is 0 Å². The zero-order chi connectivity index (χ0) is 23.9. The van der Waals surface area contributed by atoms with Gasteiger partial charge in [-0.3, -0.25) is 0 Å². The van der Waals surface area contributed by atoms with Crippen molar-refractivity contribution < 1.29 is 19.1 Å². The van der Waals surface area contributed by atoms with Gasteiger partial charge in [-0.25, -0.2) is 9.59 Å². The highest BCUT2D eigenvalue weighted by molar-refractivity contribution is 5.81. The zero-order valence-electron chi connectivity index (χ0n) is 21.7. The fraction of sp³-hybridized carbons (Fsp3) is 0.926. The van der Waals surface area contributed by atoms with Gasteiger partial charge in [0.15, 0.2) is 0 Å². The summed E-state index contributed by atoms with van der Waals surface area (Å²) in [5, 5.41) is 2.62. The van der Waals surface area contributed by atoms with E-state index in [1.54, 1.807) is 6.92 Å². The number of amides is 1. The molecule has 5 nitrogen and oxygen atoms in total. The van der Waals surface area contributed by atoms with Crippen LogP contribution in [0.15, 0.2) is 0 Å². The number of rotatable bonds is 22. The van der Waals surface area contributed by atoms with Crippen molar-refractivity contribution in [1.82, 2.24) is 5.32 Å². The van der Waals surface area contributed by atoms with E-state index in [2.05, 4.69) is 12.2 Å². The summed E-state index contributed by atoms with van der Waals surface area (Å²) in [5.74, 6) is -0.0715. The number of unbranched alkanes of at least 4 members (excludes halogenated alkanes) is 15. The fourth-order valence-corrected chi connectivity index (χ4v) is 3.92. The average Bonchev–Trinajstić information content (AvgIpc) is 2.75. The van der Waals surface area contributed by atoms with E-state index >= 15 is 0 Å². The van der Waals surface area contributed by atoms with Gasteiger partial charge in [-0.15, -0.1) is 0 Å². The first kappa shape index (κ1) is 30.7. The Morgan fingerprint density at radius 1 is 0.656 bits per heavy atom. The van der Waals surface area contributed by atoms with Crippen molar-refractivity contribution in [1.29, 1.82) is 0 Å². The molecular formula is C27H53NO4. The van der Waals surface area contributed by atoms with Gasteiger partial charge in [0, 0.05) is 0 Å². The molecule has 0 saturated carbocycles. The predicted molar refractivity (Wildman–Crippen MR) is 134 cm³/mol. The van der Waals surface area contributed by atoms with Crippen LogP contribution in [0, 0.1) is 5.92 Å². The Hall–Kier alpha value is -1.26. The van der Waals surface area contributed by atoms with Crippen LogP contribution >= 0.6 is 0 Å². The first-order chi connectivity index (χ1) is 15.5. The number of ether oxygens (including phenoxy) is 2. The quantitative estimate of drug-likeness (QED) is 0.133. The Balaban J connectivity index is 3.55. The summed E-state index contributed by atoms with van der Waals surface area (Å²) in [5.41, 5.74) is 0. The first-order valence-corrected chi connectivity index (χ1v) is 13.6. The van der Waals surface area contributed by atoms with Gasteiger partial charge in [-0.1, -0.05) is 117 Å². The van der Waals surface area contributed by atoms with E-state index in [9.17, 15) is 9.59 Å². The molecule has 0 aliphatic rings. The maximum Gasteiger partial charge on any atom is 0.407 e. The summed E-state index contributed by atoms with van der Waals surface area (Å²) in [6.07, 6.45) is 21.1. The number of hydrogen-bond acceptors (Lipinski definition) is 4. The largest absolute Gasteiger partial charge is 0.464 e. The number of nitrogens with one attached hydrogen (secondary N) is 1. The molecule has 32 heavy (non-hydrogen) atoms. The third-order valence-electron chi connectivity index (χ3n) is 5.80. The van der Waals surface area contributed by atoms with Gasteiger partial charge in [-0.2, -0.15) is 0 Å². The number of esters is 1. The van der Waals surface area contributed by atoms with E-state index in [0.717, 1.165) is 12.8 Å². The van der Waals surface area contributed by atoms with Crippen LogP contribution < -0.4 is 5.32 Å². The predicted octanol–water partition coefficient (Wildman–Crippen LogP) is 7.95. The molecule has 0 aliphatic heterocycles.